The van der Waals surface area contributed by atoms with Crippen molar-refractivity contribution in [2.75, 3.05) is 6.61 Å². The average molecular weight is 554 g/mol. The van der Waals surface area contributed by atoms with Crippen molar-refractivity contribution in [2.45, 2.75) is 33.7 Å². The Hall–Kier alpha value is -3.68. The zero-order chi connectivity index (χ0) is 27.5. The maximum Gasteiger partial charge on any atom is 0.266 e. The van der Waals surface area contributed by atoms with Crippen molar-refractivity contribution in [1.82, 2.24) is 14.7 Å². The molecule has 5 nitrogen and oxygen atoms in total. The van der Waals surface area contributed by atoms with Gasteiger partial charge in [0.2, 0.25) is 0 Å². The predicted molar refractivity (Wildman–Crippen MR) is 164 cm³/mol. The number of aromatic nitrogens is 2. The lowest BCUT2D eigenvalue weighted by Crippen LogP contribution is -2.30. The van der Waals surface area contributed by atoms with Crippen molar-refractivity contribution in [2.24, 2.45) is 5.92 Å². The van der Waals surface area contributed by atoms with Gasteiger partial charge in [-0.1, -0.05) is 86.4 Å². The van der Waals surface area contributed by atoms with Gasteiger partial charge >= 0.3 is 0 Å². The monoisotopic (exact) mass is 553 g/mol. The summed E-state index contributed by atoms with van der Waals surface area (Å²) in [5.74, 6) is 1.22. The van der Waals surface area contributed by atoms with Gasteiger partial charge in [0.1, 0.15) is 15.8 Å². The van der Waals surface area contributed by atoms with Crippen LogP contribution in [0, 0.1) is 12.8 Å². The standard InChI is InChI=1S/C32H31N3O2S2/c1-21(2)20-37-28-16-15-25(17-22(28)3)30-26(19-34(33-30)27-13-9-6-10-14-27)18-29-31(36)35(32(38)39-29)23(4)24-11-7-5-8-12-24/h5-19,21,23H,20H2,1-4H3. The SMILES string of the molecule is Cc1cc(-c2nn(-c3ccccc3)cc2C=C2SC(=S)N(C(C)c3ccccc3)C2=O)ccc1OCC(C)C. The first kappa shape index (κ1) is 26.9. The molecule has 4 aromatic rings. The molecule has 1 unspecified atom stereocenters. The molecule has 0 saturated carbocycles. The molecule has 1 aliphatic heterocycles. The molecule has 1 aromatic heterocycles. The van der Waals surface area contributed by atoms with E-state index >= 15 is 0 Å². The van der Waals surface area contributed by atoms with Gasteiger partial charge in [0, 0.05) is 17.3 Å². The zero-order valence-electron chi connectivity index (χ0n) is 22.5. The van der Waals surface area contributed by atoms with E-state index < -0.39 is 0 Å². The number of amides is 1. The number of nitrogens with zero attached hydrogens (tertiary/aromatic N) is 3. The first-order valence-corrected chi connectivity index (χ1v) is 14.2. The lowest BCUT2D eigenvalue weighted by Gasteiger charge is -2.23. The summed E-state index contributed by atoms with van der Waals surface area (Å²) in [6.07, 6.45) is 3.88. The number of carbonyl (C=O) groups excluding carboxylic acids is 1. The second-order valence-corrected chi connectivity index (χ2v) is 11.7. The number of thiocarbonyl (C=S) groups is 1. The van der Waals surface area contributed by atoms with E-state index in [1.54, 1.807) is 4.90 Å². The normalized spacial score (nSPS) is 15.4. The highest BCUT2D eigenvalue weighted by molar-refractivity contribution is 8.26. The van der Waals surface area contributed by atoms with Gasteiger partial charge in [-0.2, -0.15) is 5.10 Å². The van der Waals surface area contributed by atoms with Crippen molar-refractivity contribution in [3.63, 3.8) is 0 Å². The van der Waals surface area contributed by atoms with Crippen molar-refractivity contribution in [3.05, 3.63) is 107 Å². The van der Waals surface area contributed by atoms with Crippen LogP contribution in [0.3, 0.4) is 0 Å². The second-order valence-electron chi connectivity index (χ2n) is 10.0. The Morgan fingerprint density at radius 3 is 2.36 bits per heavy atom. The van der Waals surface area contributed by atoms with Gasteiger partial charge in [-0.25, -0.2) is 4.68 Å². The summed E-state index contributed by atoms with van der Waals surface area (Å²) in [5, 5.41) is 4.95. The van der Waals surface area contributed by atoms with Crippen LogP contribution in [0.25, 0.3) is 23.0 Å². The van der Waals surface area contributed by atoms with E-state index in [9.17, 15) is 4.79 Å². The highest BCUT2D eigenvalue weighted by Gasteiger charge is 2.36. The maximum absolute atomic E-state index is 13.6. The molecule has 39 heavy (non-hydrogen) atoms. The zero-order valence-corrected chi connectivity index (χ0v) is 24.1. The molecule has 198 valence electrons. The van der Waals surface area contributed by atoms with Crippen LogP contribution in [0.2, 0.25) is 0 Å². The average Bonchev–Trinajstić information content (AvgIpc) is 3.48. The first-order chi connectivity index (χ1) is 18.8. The molecule has 1 fully saturated rings. The van der Waals surface area contributed by atoms with E-state index in [0.29, 0.717) is 21.8 Å². The molecule has 3 aromatic carbocycles. The number of benzene rings is 3. The molecule has 0 N–H and O–H groups in total. The molecule has 1 aliphatic rings. The highest BCUT2D eigenvalue weighted by atomic mass is 32.2. The number of para-hydroxylation sites is 1. The van der Waals surface area contributed by atoms with Crippen LogP contribution in [-0.2, 0) is 4.79 Å². The summed E-state index contributed by atoms with van der Waals surface area (Å²) in [5.41, 5.74) is 5.62. The van der Waals surface area contributed by atoms with Crippen LogP contribution in [-0.4, -0.2) is 31.5 Å². The van der Waals surface area contributed by atoms with E-state index in [2.05, 4.69) is 19.9 Å². The van der Waals surface area contributed by atoms with E-state index in [1.165, 1.54) is 11.8 Å². The van der Waals surface area contributed by atoms with Crippen molar-refractivity contribution in [1.29, 1.82) is 0 Å². The van der Waals surface area contributed by atoms with Crippen LogP contribution in [0.5, 0.6) is 5.75 Å². The van der Waals surface area contributed by atoms with Gasteiger partial charge in [0.05, 0.1) is 23.2 Å². The predicted octanol–water partition coefficient (Wildman–Crippen LogP) is 7.84. The van der Waals surface area contributed by atoms with Gasteiger partial charge in [-0.15, -0.1) is 0 Å². The largest absolute Gasteiger partial charge is 0.493 e. The third kappa shape index (κ3) is 5.84. The number of aryl methyl sites for hydroxylation is 1. The summed E-state index contributed by atoms with van der Waals surface area (Å²) in [6.45, 7) is 8.99. The first-order valence-electron chi connectivity index (χ1n) is 13.0. The van der Waals surface area contributed by atoms with Crippen molar-refractivity contribution >= 4 is 40.3 Å². The molecule has 1 atom stereocenters. The van der Waals surface area contributed by atoms with Gasteiger partial charge in [-0.05, 0) is 67.3 Å². The Labute approximate surface area is 239 Å². The molecule has 0 aliphatic carbocycles. The topological polar surface area (TPSA) is 47.4 Å². The number of thioether (sulfide) groups is 1. The van der Waals surface area contributed by atoms with Gasteiger partial charge in [0.15, 0.2) is 0 Å². The molecule has 0 bridgehead atoms. The number of rotatable bonds is 8. The Balaban J connectivity index is 1.52. The molecule has 2 heterocycles. The molecule has 7 heteroatoms. The fourth-order valence-corrected chi connectivity index (χ4v) is 5.89. The molecule has 1 amide bonds. The smallest absolute Gasteiger partial charge is 0.266 e. The Morgan fingerprint density at radius 1 is 1.00 bits per heavy atom. The van der Waals surface area contributed by atoms with Crippen molar-refractivity contribution < 1.29 is 9.53 Å². The third-order valence-corrected chi connectivity index (χ3v) is 7.89. The fourth-order valence-electron chi connectivity index (χ4n) is 4.48. The molecule has 0 radical (unpaired) electrons. The molecule has 0 spiro atoms. The summed E-state index contributed by atoms with van der Waals surface area (Å²) in [6, 6.07) is 25.9. The Bertz CT molecular complexity index is 1530. The number of ether oxygens (including phenoxy) is 1. The van der Waals surface area contributed by atoms with E-state index in [-0.39, 0.29) is 11.9 Å². The van der Waals surface area contributed by atoms with E-state index in [0.717, 1.165) is 39.4 Å². The van der Waals surface area contributed by atoms with Gasteiger partial charge < -0.3 is 4.74 Å². The van der Waals surface area contributed by atoms with Crippen molar-refractivity contribution in [3.8, 4) is 22.7 Å². The summed E-state index contributed by atoms with van der Waals surface area (Å²) in [7, 11) is 0. The summed E-state index contributed by atoms with van der Waals surface area (Å²) >= 11 is 7.00. The summed E-state index contributed by atoms with van der Waals surface area (Å²) < 4.78 is 8.40. The summed E-state index contributed by atoms with van der Waals surface area (Å²) in [4.78, 5) is 15.9. The van der Waals surface area contributed by atoms with Crippen LogP contribution in [0.1, 0.15) is 43.5 Å². The number of hydrogen-bond donors (Lipinski definition) is 0. The minimum Gasteiger partial charge on any atom is -0.493 e. The van der Waals surface area contributed by atoms with Crippen LogP contribution in [0.15, 0.2) is 90.0 Å². The number of hydrogen-bond acceptors (Lipinski definition) is 5. The highest BCUT2D eigenvalue weighted by Crippen LogP contribution is 2.39. The molecule has 5 rings (SSSR count). The Morgan fingerprint density at radius 2 is 1.69 bits per heavy atom. The molecular weight excluding hydrogens is 523 g/mol. The van der Waals surface area contributed by atoms with Crippen LogP contribution in [0.4, 0.5) is 0 Å². The maximum atomic E-state index is 13.6. The lowest BCUT2D eigenvalue weighted by atomic mass is 10.0. The Kier molecular flexibility index (Phi) is 8.00. The number of carbonyl (C=O) groups is 1. The quantitative estimate of drug-likeness (QED) is 0.164. The molecular formula is C32H31N3O2S2. The van der Waals surface area contributed by atoms with Crippen LogP contribution >= 0.6 is 24.0 Å². The van der Waals surface area contributed by atoms with Crippen LogP contribution < -0.4 is 4.74 Å². The second kappa shape index (κ2) is 11.6. The van der Waals surface area contributed by atoms with E-state index in [4.69, 9.17) is 22.1 Å². The van der Waals surface area contributed by atoms with E-state index in [1.807, 2.05) is 104 Å². The third-order valence-electron chi connectivity index (χ3n) is 6.56. The lowest BCUT2D eigenvalue weighted by molar-refractivity contribution is -0.123. The fraction of sp³-hybridized carbons (Fsp3) is 0.219. The minimum absolute atomic E-state index is 0.0895. The molecule has 1 saturated heterocycles. The van der Waals surface area contributed by atoms with Gasteiger partial charge in [-0.3, -0.25) is 9.69 Å². The van der Waals surface area contributed by atoms with Gasteiger partial charge in [0.25, 0.3) is 5.91 Å². The minimum atomic E-state index is -0.155.